The second-order valence-electron chi connectivity index (χ2n) is 9.42. The Bertz CT molecular complexity index is 1050. The van der Waals surface area contributed by atoms with Gasteiger partial charge in [-0.3, -0.25) is 4.79 Å². The molecule has 190 valence electrons. The van der Waals surface area contributed by atoms with Crippen LogP contribution in [-0.4, -0.2) is 75.0 Å². The number of hydrogen-bond donors (Lipinski definition) is 1. The summed E-state index contributed by atoms with van der Waals surface area (Å²) in [5.74, 6) is -0.365. The van der Waals surface area contributed by atoms with E-state index < -0.39 is 11.9 Å². The van der Waals surface area contributed by atoms with Crippen LogP contribution in [0, 0.1) is 18.8 Å². The van der Waals surface area contributed by atoms with Crippen LogP contribution in [0.5, 0.6) is 5.75 Å². The van der Waals surface area contributed by atoms with Crippen molar-refractivity contribution < 1.29 is 28.9 Å². The van der Waals surface area contributed by atoms with E-state index in [9.17, 15) is 14.7 Å². The summed E-state index contributed by atoms with van der Waals surface area (Å²) in [6.07, 6.45) is 4.43. The van der Waals surface area contributed by atoms with Gasteiger partial charge in [-0.05, 0) is 37.8 Å². The van der Waals surface area contributed by atoms with Crippen molar-refractivity contribution in [1.82, 2.24) is 24.9 Å². The summed E-state index contributed by atoms with van der Waals surface area (Å²) in [7, 11) is 3.51. The third-order valence-electron chi connectivity index (χ3n) is 6.69. The summed E-state index contributed by atoms with van der Waals surface area (Å²) < 4.78 is 18.5. The molecule has 35 heavy (non-hydrogen) atoms. The zero-order valence-electron chi connectivity index (χ0n) is 20.5. The van der Waals surface area contributed by atoms with Crippen LogP contribution in [0.25, 0.3) is 11.4 Å². The summed E-state index contributed by atoms with van der Waals surface area (Å²) in [6.45, 7) is 3.07. The smallest absolute Gasteiger partial charge is 0.409 e. The predicted molar refractivity (Wildman–Crippen MR) is 125 cm³/mol. The van der Waals surface area contributed by atoms with Gasteiger partial charge in [-0.1, -0.05) is 18.1 Å². The van der Waals surface area contributed by atoms with Crippen LogP contribution < -0.4 is 4.74 Å². The van der Waals surface area contributed by atoms with E-state index in [4.69, 9.17) is 14.2 Å². The lowest BCUT2D eigenvalue weighted by Crippen LogP contribution is -2.37. The van der Waals surface area contributed by atoms with Crippen molar-refractivity contribution in [3.8, 4) is 17.1 Å². The van der Waals surface area contributed by atoms with E-state index in [1.54, 1.807) is 35.8 Å². The van der Waals surface area contributed by atoms with Crippen molar-refractivity contribution in [2.45, 2.75) is 51.7 Å². The Kier molecular flexibility index (Phi) is 7.84. The fourth-order valence-corrected chi connectivity index (χ4v) is 4.67. The summed E-state index contributed by atoms with van der Waals surface area (Å²) in [5, 5.41) is 17.6. The molecule has 4 rings (SSSR count). The van der Waals surface area contributed by atoms with Crippen LogP contribution in [0.2, 0.25) is 0 Å². The van der Waals surface area contributed by atoms with Crippen LogP contribution in [-0.2, 0) is 27.9 Å². The Morgan fingerprint density at radius 2 is 2.03 bits per heavy atom. The Hall–Kier alpha value is -3.21. The van der Waals surface area contributed by atoms with Gasteiger partial charge >= 0.3 is 12.1 Å². The highest BCUT2D eigenvalue weighted by Gasteiger charge is 2.29. The molecular weight excluding hydrogens is 454 g/mol. The highest BCUT2D eigenvalue weighted by atomic mass is 16.6. The van der Waals surface area contributed by atoms with E-state index in [1.807, 2.05) is 6.92 Å². The molecule has 1 aliphatic heterocycles. The van der Waals surface area contributed by atoms with Gasteiger partial charge in [0.1, 0.15) is 29.8 Å². The summed E-state index contributed by atoms with van der Waals surface area (Å²) >= 11 is 0. The maximum absolute atomic E-state index is 12.5. The maximum Gasteiger partial charge on any atom is 0.409 e. The van der Waals surface area contributed by atoms with Gasteiger partial charge in [0.2, 0.25) is 0 Å². The maximum atomic E-state index is 12.5. The number of aromatic nitrogens is 4. The lowest BCUT2D eigenvalue weighted by molar-refractivity contribution is -0.149. The number of aliphatic carboxylic acids is 1. The molecule has 0 radical (unpaired) electrons. The van der Waals surface area contributed by atoms with E-state index in [2.05, 4.69) is 15.3 Å². The van der Waals surface area contributed by atoms with E-state index >= 15 is 0 Å². The van der Waals surface area contributed by atoms with Crippen LogP contribution in [0.4, 0.5) is 4.79 Å². The Morgan fingerprint density at radius 3 is 2.74 bits per heavy atom. The molecule has 2 aliphatic rings. The molecule has 2 aromatic rings. The highest BCUT2D eigenvalue weighted by Crippen LogP contribution is 2.28. The molecule has 11 nitrogen and oxygen atoms in total. The van der Waals surface area contributed by atoms with Crippen LogP contribution in [0.3, 0.4) is 0 Å². The first kappa shape index (κ1) is 24.9. The molecular formula is C24H33N5O6. The van der Waals surface area contributed by atoms with Crippen molar-refractivity contribution in [1.29, 1.82) is 0 Å². The van der Waals surface area contributed by atoms with Gasteiger partial charge in [-0.15, -0.1) is 5.10 Å². The van der Waals surface area contributed by atoms with Crippen LogP contribution in [0.1, 0.15) is 43.5 Å². The Labute approximate surface area is 204 Å². The molecule has 1 amide bonds. The largest absolute Gasteiger partial charge is 0.486 e. The molecule has 1 saturated carbocycles. The number of aryl methyl sites for hydroxylation is 2. The molecule has 1 N–H and O–H groups in total. The van der Waals surface area contributed by atoms with Crippen LogP contribution in [0.15, 0.2) is 12.1 Å². The van der Waals surface area contributed by atoms with Crippen molar-refractivity contribution in [2.24, 2.45) is 18.9 Å². The van der Waals surface area contributed by atoms with Gasteiger partial charge in [0.25, 0.3) is 0 Å². The number of carbonyl (C=O) groups excluding carboxylic acids is 1. The molecule has 11 heteroatoms. The topological polar surface area (TPSA) is 129 Å². The van der Waals surface area contributed by atoms with Crippen molar-refractivity contribution >= 4 is 12.1 Å². The average molecular weight is 488 g/mol. The van der Waals surface area contributed by atoms with E-state index in [0.29, 0.717) is 54.0 Å². The standard InChI is InChI=1S/C24H33N5O6/c1-15-21(35-18-10-17(23(30)31)12-33-13-18)9-8-19(25-15)22-20(29(3)27-26-22)14-34-24(32)28(2)11-16-6-4-5-7-16/h8-9,16-18H,4-7,10-14H2,1-3H3,(H,30,31)/t17?,18-/m1/s1. The fraction of sp³-hybridized carbons (Fsp3) is 0.625. The number of nitrogens with zero attached hydrogens (tertiary/aromatic N) is 5. The third kappa shape index (κ3) is 6.08. The van der Waals surface area contributed by atoms with Gasteiger partial charge < -0.3 is 24.2 Å². The number of carboxylic acid groups (broad SMARTS) is 1. The van der Waals surface area contributed by atoms with Gasteiger partial charge in [-0.25, -0.2) is 14.5 Å². The zero-order valence-corrected chi connectivity index (χ0v) is 20.5. The quantitative estimate of drug-likeness (QED) is 0.597. The Balaban J connectivity index is 1.40. The normalized spacial score (nSPS) is 20.5. The fourth-order valence-electron chi connectivity index (χ4n) is 4.67. The summed E-state index contributed by atoms with van der Waals surface area (Å²) in [4.78, 5) is 30.0. The molecule has 2 aromatic heterocycles. The predicted octanol–water partition coefficient (Wildman–Crippen LogP) is 2.81. The van der Waals surface area contributed by atoms with Gasteiger partial charge in [0, 0.05) is 27.1 Å². The number of carbonyl (C=O) groups is 2. The monoisotopic (exact) mass is 487 g/mol. The summed E-state index contributed by atoms with van der Waals surface area (Å²) in [5.41, 5.74) is 2.37. The number of hydrogen-bond acceptors (Lipinski definition) is 8. The Morgan fingerprint density at radius 1 is 1.26 bits per heavy atom. The first-order chi connectivity index (χ1) is 16.8. The number of amides is 1. The van der Waals surface area contributed by atoms with Gasteiger partial charge in [0.15, 0.2) is 0 Å². The zero-order chi connectivity index (χ0) is 24.9. The van der Waals surface area contributed by atoms with Crippen LogP contribution >= 0.6 is 0 Å². The van der Waals surface area contributed by atoms with E-state index in [0.717, 1.165) is 12.8 Å². The minimum Gasteiger partial charge on any atom is -0.486 e. The molecule has 0 bridgehead atoms. The first-order valence-corrected chi connectivity index (χ1v) is 12.0. The second kappa shape index (κ2) is 11.0. The molecule has 3 heterocycles. The van der Waals surface area contributed by atoms with E-state index in [-0.39, 0.29) is 25.4 Å². The number of rotatable bonds is 8. The van der Waals surface area contributed by atoms with Crippen molar-refractivity contribution in [2.75, 3.05) is 26.8 Å². The molecule has 1 unspecified atom stereocenters. The van der Waals surface area contributed by atoms with Gasteiger partial charge in [-0.2, -0.15) is 0 Å². The van der Waals surface area contributed by atoms with E-state index in [1.165, 1.54) is 12.8 Å². The molecule has 2 fully saturated rings. The highest BCUT2D eigenvalue weighted by molar-refractivity contribution is 5.70. The first-order valence-electron chi connectivity index (χ1n) is 12.0. The molecule has 0 spiro atoms. The minimum atomic E-state index is -0.885. The van der Waals surface area contributed by atoms with Gasteiger partial charge in [0.05, 0.1) is 30.5 Å². The SMILES string of the molecule is Cc1nc(-c2nnn(C)c2COC(=O)N(C)CC2CCCC2)ccc1O[C@H]1COCC(C(=O)O)C1. The number of carboxylic acids is 1. The third-order valence-corrected chi connectivity index (χ3v) is 6.69. The molecule has 1 saturated heterocycles. The summed E-state index contributed by atoms with van der Waals surface area (Å²) in [6, 6.07) is 3.55. The molecule has 1 aliphatic carbocycles. The number of ether oxygens (including phenoxy) is 3. The number of pyridine rings is 1. The lowest BCUT2D eigenvalue weighted by atomic mass is 10.0. The molecule has 0 aromatic carbocycles. The molecule has 2 atom stereocenters. The van der Waals surface area contributed by atoms with Crippen molar-refractivity contribution in [3.63, 3.8) is 0 Å². The lowest BCUT2D eigenvalue weighted by Gasteiger charge is -2.27. The minimum absolute atomic E-state index is 0.0294. The van der Waals surface area contributed by atoms with Crippen molar-refractivity contribution in [3.05, 3.63) is 23.5 Å². The average Bonchev–Trinajstić information content (AvgIpc) is 3.48. The second-order valence-corrected chi connectivity index (χ2v) is 9.42.